The summed E-state index contributed by atoms with van der Waals surface area (Å²) in [5, 5.41) is 4.85. The van der Waals surface area contributed by atoms with Gasteiger partial charge in [0.05, 0.1) is 27.5 Å². The molecule has 4 heterocycles. The Kier molecular flexibility index (Phi) is 7.56. The average Bonchev–Trinajstić information content (AvgIpc) is 3.87. The van der Waals surface area contributed by atoms with E-state index in [-0.39, 0.29) is 10.8 Å². The van der Waals surface area contributed by atoms with E-state index in [2.05, 4.69) is 196 Å². The lowest BCUT2D eigenvalue weighted by atomic mass is 9.66. The van der Waals surface area contributed by atoms with Gasteiger partial charge in [-0.05, 0) is 104 Å². The number of rotatable bonds is 4. The van der Waals surface area contributed by atoms with Crippen molar-refractivity contribution < 1.29 is 0 Å². The van der Waals surface area contributed by atoms with E-state index in [0.29, 0.717) is 0 Å². The maximum Gasteiger partial charge on any atom is 0.137 e. The summed E-state index contributed by atoms with van der Waals surface area (Å²) < 4.78 is 4.69. The van der Waals surface area contributed by atoms with Gasteiger partial charge in [-0.3, -0.25) is 9.13 Å². The zero-order valence-corrected chi connectivity index (χ0v) is 34.5. The van der Waals surface area contributed by atoms with Gasteiger partial charge < -0.3 is 0 Å². The van der Waals surface area contributed by atoms with Crippen LogP contribution in [0, 0.1) is 0 Å². The summed E-state index contributed by atoms with van der Waals surface area (Å²) >= 11 is 0. The van der Waals surface area contributed by atoms with Gasteiger partial charge in [0.1, 0.15) is 11.6 Å². The van der Waals surface area contributed by atoms with Gasteiger partial charge in [-0.25, -0.2) is 9.97 Å². The number of hydrogen-bond donors (Lipinski definition) is 0. The average molecular weight is 763 g/mol. The van der Waals surface area contributed by atoms with E-state index in [4.69, 9.17) is 9.97 Å². The minimum atomic E-state index is -0.674. The van der Waals surface area contributed by atoms with Gasteiger partial charge in [-0.1, -0.05) is 151 Å². The first kappa shape index (κ1) is 35.4. The largest absolute Gasteiger partial charge is 0.294 e. The Labute approximate surface area is 345 Å². The van der Waals surface area contributed by atoms with Crippen LogP contribution in [-0.2, 0) is 16.2 Å². The van der Waals surface area contributed by atoms with Crippen LogP contribution in [0.5, 0.6) is 0 Å². The molecule has 0 N–H and O–H groups in total. The van der Waals surface area contributed by atoms with Crippen molar-refractivity contribution in [1.29, 1.82) is 0 Å². The van der Waals surface area contributed by atoms with Crippen LogP contribution in [0.2, 0.25) is 0 Å². The lowest BCUT2D eigenvalue weighted by molar-refractivity contribution is 0.586. The monoisotopic (exact) mass is 762 g/mol. The molecule has 0 saturated heterocycles. The van der Waals surface area contributed by atoms with Crippen molar-refractivity contribution in [2.45, 2.75) is 57.8 Å². The summed E-state index contributed by atoms with van der Waals surface area (Å²) in [5.41, 5.74) is 14.0. The zero-order chi connectivity index (χ0) is 40.3. The van der Waals surface area contributed by atoms with Crippen LogP contribution >= 0.6 is 0 Å². The predicted octanol–water partition coefficient (Wildman–Crippen LogP) is 13.6. The summed E-state index contributed by atoms with van der Waals surface area (Å²) in [5.74, 6) is 1.81. The van der Waals surface area contributed by atoms with Crippen molar-refractivity contribution in [3.8, 4) is 22.8 Å². The number of nitrogens with zero attached hydrogens (tertiary/aromatic N) is 4. The Morgan fingerprint density at radius 3 is 1.20 bits per heavy atom. The van der Waals surface area contributed by atoms with Crippen LogP contribution in [-0.4, -0.2) is 19.1 Å². The molecule has 0 atom stereocenters. The van der Waals surface area contributed by atoms with Crippen LogP contribution < -0.4 is 0 Å². The standard InChI is InChI=1S/C55H46N4/c1-53(2,3)35-21-25-39-40-26-22-36(54(4,5)6)32-46(40)55(45(39)31-35,37-23-27-43-41-15-7-9-17-47(41)58(49(43)33-37)51-19-11-13-29-56-51)38-24-28-44-42-16-8-10-18-48(42)59(50(44)34-38)52-20-12-14-30-57-52/h7-34H,1-6H3. The Morgan fingerprint density at radius 2 is 0.797 bits per heavy atom. The van der Waals surface area contributed by atoms with Crippen LogP contribution in [0.4, 0.5) is 0 Å². The van der Waals surface area contributed by atoms with E-state index >= 15 is 0 Å². The first-order valence-corrected chi connectivity index (χ1v) is 20.7. The number of hydrogen-bond acceptors (Lipinski definition) is 2. The molecule has 1 aliphatic carbocycles. The lowest BCUT2D eigenvalue weighted by Crippen LogP contribution is -2.30. The molecule has 0 saturated carbocycles. The highest BCUT2D eigenvalue weighted by atomic mass is 15.1. The normalized spacial score (nSPS) is 13.7. The topological polar surface area (TPSA) is 35.6 Å². The third-order valence-corrected chi connectivity index (χ3v) is 12.8. The molecule has 59 heavy (non-hydrogen) atoms. The van der Waals surface area contributed by atoms with Gasteiger partial charge >= 0.3 is 0 Å². The quantitative estimate of drug-likeness (QED) is 0.179. The third-order valence-electron chi connectivity index (χ3n) is 12.8. The van der Waals surface area contributed by atoms with Crippen LogP contribution in [0.1, 0.15) is 74.9 Å². The molecule has 4 heteroatoms. The van der Waals surface area contributed by atoms with Gasteiger partial charge in [0.25, 0.3) is 0 Å². The summed E-state index contributed by atoms with van der Waals surface area (Å²) in [4.78, 5) is 9.84. The molecular formula is C55H46N4. The van der Waals surface area contributed by atoms with Crippen molar-refractivity contribution in [1.82, 2.24) is 19.1 Å². The van der Waals surface area contributed by atoms with Crippen molar-refractivity contribution in [2.75, 3.05) is 0 Å². The number of para-hydroxylation sites is 2. The fraction of sp³-hybridized carbons (Fsp3) is 0.164. The Bertz CT molecular complexity index is 3060. The number of fused-ring (bicyclic) bond motifs is 9. The maximum absolute atomic E-state index is 4.92. The molecule has 0 radical (unpaired) electrons. The number of pyridine rings is 2. The minimum absolute atomic E-state index is 0.0587. The van der Waals surface area contributed by atoms with Crippen molar-refractivity contribution in [3.05, 3.63) is 203 Å². The highest BCUT2D eigenvalue weighted by Gasteiger charge is 2.47. The number of aromatic nitrogens is 4. The molecule has 6 aromatic carbocycles. The van der Waals surface area contributed by atoms with Crippen LogP contribution in [0.3, 0.4) is 0 Å². The van der Waals surface area contributed by atoms with Gasteiger partial charge in [-0.2, -0.15) is 0 Å². The van der Waals surface area contributed by atoms with E-state index in [1.807, 2.05) is 24.5 Å². The molecule has 4 aromatic heterocycles. The molecule has 0 spiro atoms. The number of benzene rings is 6. The summed E-state index contributed by atoms with van der Waals surface area (Å²) in [6, 6.07) is 58.8. The Hall–Kier alpha value is -6.78. The lowest BCUT2D eigenvalue weighted by Gasteiger charge is -2.36. The summed E-state index contributed by atoms with van der Waals surface area (Å²) in [6.45, 7) is 13.9. The van der Waals surface area contributed by atoms with E-state index in [0.717, 1.165) is 33.7 Å². The fourth-order valence-electron chi connectivity index (χ4n) is 9.92. The molecule has 286 valence electrons. The van der Waals surface area contributed by atoms with Crippen molar-refractivity contribution >= 4 is 43.6 Å². The molecule has 11 rings (SSSR count). The van der Waals surface area contributed by atoms with Crippen molar-refractivity contribution in [2.24, 2.45) is 0 Å². The second-order valence-electron chi connectivity index (χ2n) is 18.3. The van der Waals surface area contributed by atoms with Gasteiger partial charge in [0.2, 0.25) is 0 Å². The van der Waals surface area contributed by atoms with Gasteiger partial charge in [0.15, 0.2) is 0 Å². The van der Waals surface area contributed by atoms with Crippen LogP contribution in [0.15, 0.2) is 170 Å². The molecule has 0 unspecified atom stereocenters. The van der Waals surface area contributed by atoms with E-state index in [1.54, 1.807) is 0 Å². The smallest absolute Gasteiger partial charge is 0.137 e. The SMILES string of the molecule is CC(C)(C)c1ccc2c(c1)C(c1ccc3c4ccccc4n(-c4ccccn4)c3c1)(c1ccc3c4ccccc4n(-c4ccccn4)c3c1)c1cc(C(C)(C)C)ccc1-2. The molecule has 1 aliphatic rings. The molecule has 0 fully saturated rings. The minimum Gasteiger partial charge on any atom is -0.294 e. The van der Waals surface area contributed by atoms with Crippen molar-refractivity contribution in [3.63, 3.8) is 0 Å². The zero-order valence-electron chi connectivity index (χ0n) is 34.5. The highest BCUT2D eigenvalue weighted by Crippen LogP contribution is 2.58. The predicted molar refractivity (Wildman–Crippen MR) is 245 cm³/mol. The molecule has 0 amide bonds. The second kappa shape index (κ2) is 12.6. The van der Waals surface area contributed by atoms with Crippen LogP contribution in [0.25, 0.3) is 66.4 Å². The Morgan fingerprint density at radius 1 is 0.390 bits per heavy atom. The maximum atomic E-state index is 4.92. The molecule has 10 aromatic rings. The van der Waals surface area contributed by atoms with E-state index in [9.17, 15) is 0 Å². The second-order valence-corrected chi connectivity index (χ2v) is 18.3. The summed E-state index contributed by atoms with van der Waals surface area (Å²) in [6.07, 6.45) is 3.78. The third kappa shape index (κ3) is 5.15. The van der Waals surface area contributed by atoms with Gasteiger partial charge in [0, 0.05) is 33.9 Å². The van der Waals surface area contributed by atoms with E-state index in [1.165, 1.54) is 66.1 Å². The highest BCUT2D eigenvalue weighted by molar-refractivity contribution is 6.11. The molecule has 4 nitrogen and oxygen atoms in total. The Balaban J connectivity index is 1.33. The summed E-state index contributed by atoms with van der Waals surface area (Å²) in [7, 11) is 0. The fourth-order valence-corrected chi connectivity index (χ4v) is 9.92. The molecule has 0 bridgehead atoms. The van der Waals surface area contributed by atoms with Gasteiger partial charge in [-0.15, -0.1) is 0 Å². The van der Waals surface area contributed by atoms with E-state index < -0.39 is 5.41 Å². The molecule has 0 aliphatic heterocycles. The first-order valence-electron chi connectivity index (χ1n) is 20.7. The first-order chi connectivity index (χ1) is 28.5. The molecular weight excluding hydrogens is 717 g/mol.